The monoisotopic (exact) mass is 407 g/mol. The zero-order valence-electron chi connectivity index (χ0n) is 15.9. The Morgan fingerprint density at radius 2 is 1.93 bits per heavy atom. The van der Waals surface area contributed by atoms with Gasteiger partial charge < -0.3 is 5.32 Å². The van der Waals surface area contributed by atoms with E-state index in [2.05, 4.69) is 15.0 Å². The van der Waals surface area contributed by atoms with Crippen LogP contribution in [0.25, 0.3) is 0 Å². The van der Waals surface area contributed by atoms with Crippen LogP contribution >= 0.6 is 11.3 Å². The van der Waals surface area contributed by atoms with Crippen molar-refractivity contribution in [3.63, 3.8) is 0 Å². The average Bonchev–Trinajstić information content (AvgIpc) is 3.34. The maximum Gasteiger partial charge on any atom is 0.244 e. The van der Waals surface area contributed by atoms with Crippen LogP contribution in [-0.4, -0.2) is 25.4 Å². The van der Waals surface area contributed by atoms with Gasteiger partial charge in [0, 0.05) is 11.1 Å². The van der Waals surface area contributed by atoms with Gasteiger partial charge in [-0.3, -0.25) is 4.79 Å². The van der Waals surface area contributed by atoms with Gasteiger partial charge in [0.15, 0.2) is 5.13 Å². The first-order valence-electron chi connectivity index (χ1n) is 9.03. The molecule has 1 unspecified atom stereocenters. The van der Waals surface area contributed by atoms with Gasteiger partial charge in [0.1, 0.15) is 6.04 Å². The van der Waals surface area contributed by atoms with E-state index in [1.807, 2.05) is 27.7 Å². The minimum atomic E-state index is -3.81. The lowest BCUT2D eigenvalue weighted by atomic mass is 10.1. The number of carbonyl (C=O) groups excluding carboxylic acids is 1. The summed E-state index contributed by atoms with van der Waals surface area (Å²) in [4.78, 5) is 18.3. The topological polar surface area (TPSA) is 88.2 Å². The second-order valence-corrected chi connectivity index (χ2v) is 10.2. The second kappa shape index (κ2) is 7.69. The number of nitrogens with zero attached hydrogens (tertiary/aromatic N) is 1. The Morgan fingerprint density at radius 1 is 1.22 bits per heavy atom. The molecule has 1 aliphatic rings. The van der Waals surface area contributed by atoms with Crippen LogP contribution < -0.4 is 10.0 Å². The van der Waals surface area contributed by atoms with Gasteiger partial charge in [0.05, 0.1) is 4.90 Å². The molecular formula is C19H25N3O3S2. The summed E-state index contributed by atoms with van der Waals surface area (Å²) in [5.74, 6) is -0.0411. The Labute approximate surface area is 164 Å². The van der Waals surface area contributed by atoms with E-state index in [1.165, 1.54) is 29.1 Å². The third-order valence-electron chi connectivity index (χ3n) is 4.75. The Hall–Kier alpha value is -1.77. The molecule has 6 nitrogen and oxygen atoms in total. The molecule has 0 saturated heterocycles. The first kappa shape index (κ1) is 20.0. The molecular weight excluding hydrogens is 382 g/mol. The van der Waals surface area contributed by atoms with Gasteiger partial charge in [-0.05, 0) is 61.8 Å². The summed E-state index contributed by atoms with van der Waals surface area (Å²) < 4.78 is 28.1. The largest absolute Gasteiger partial charge is 0.301 e. The zero-order valence-corrected chi connectivity index (χ0v) is 17.6. The third-order valence-corrected chi connectivity index (χ3v) is 7.27. The molecule has 1 saturated carbocycles. The molecule has 1 amide bonds. The van der Waals surface area contributed by atoms with Crippen LogP contribution in [0, 0.1) is 19.8 Å². The van der Waals surface area contributed by atoms with Gasteiger partial charge >= 0.3 is 0 Å². The van der Waals surface area contributed by atoms with Crippen LogP contribution in [0.3, 0.4) is 0 Å². The molecule has 0 aliphatic heterocycles. The first-order chi connectivity index (χ1) is 12.7. The molecule has 3 rings (SSSR count). The number of aromatic nitrogens is 1. The molecule has 1 aliphatic carbocycles. The van der Waals surface area contributed by atoms with Gasteiger partial charge in [-0.15, -0.1) is 11.3 Å². The highest BCUT2D eigenvalue weighted by Crippen LogP contribution is 2.43. The van der Waals surface area contributed by atoms with Crippen molar-refractivity contribution >= 4 is 32.4 Å². The van der Waals surface area contributed by atoms with Crippen molar-refractivity contribution in [1.29, 1.82) is 0 Å². The fourth-order valence-electron chi connectivity index (χ4n) is 2.69. The van der Waals surface area contributed by atoms with Crippen molar-refractivity contribution < 1.29 is 13.2 Å². The lowest BCUT2D eigenvalue weighted by Crippen LogP contribution is -2.47. The van der Waals surface area contributed by atoms with Gasteiger partial charge in [-0.2, -0.15) is 4.72 Å². The fraction of sp³-hybridized carbons (Fsp3) is 0.474. The van der Waals surface area contributed by atoms with Gasteiger partial charge in [0.25, 0.3) is 0 Å². The van der Waals surface area contributed by atoms with E-state index >= 15 is 0 Å². The van der Waals surface area contributed by atoms with E-state index in [1.54, 1.807) is 24.4 Å². The van der Waals surface area contributed by atoms with E-state index in [0.717, 1.165) is 11.1 Å². The Morgan fingerprint density at radius 3 is 2.52 bits per heavy atom. The van der Waals surface area contributed by atoms with Gasteiger partial charge in [0.2, 0.25) is 15.9 Å². The van der Waals surface area contributed by atoms with Crippen molar-refractivity contribution in [2.75, 3.05) is 5.32 Å². The number of rotatable bonds is 7. The van der Waals surface area contributed by atoms with E-state index < -0.39 is 22.0 Å². The number of benzene rings is 1. The quantitative estimate of drug-likeness (QED) is 0.734. The lowest BCUT2D eigenvalue weighted by Gasteiger charge is -2.21. The standard InChI is InChI=1S/C19H25N3O3S2/c1-11(2)17(18(23)21-19-20-10-16(26-19)14-6-7-14)22-27(24,25)15-8-5-12(3)13(4)9-15/h5,8-11,14,17,22H,6-7H2,1-4H3,(H,20,21,23). The molecule has 0 bridgehead atoms. The normalized spacial score (nSPS) is 15.7. The predicted molar refractivity (Wildman–Crippen MR) is 108 cm³/mol. The molecule has 1 heterocycles. The number of aryl methyl sites for hydroxylation is 2. The highest BCUT2D eigenvalue weighted by molar-refractivity contribution is 7.89. The highest BCUT2D eigenvalue weighted by Gasteiger charge is 2.30. The molecule has 1 aromatic heterocycles. The summed E-state index contributed by atoms with van der Waals surface area (Å²) in [6.45, 7) is 7.41. The Balaban J connectivity index is 1.75. The number of anilines is 1. The van der Waals surface area contributed by atoms with Gasteiger partial charge in [-0.25, -0.2) is 13.4 Å². The van der Waals surface area contributed by atoms with Crippen molar-refractivity contribution in [3.8, 4) is 0 Å². The SMILES string of the molecule is Cc1ccc(S(=O)(=O)NC(C(=O)Nc2ncc(C3CC3)s2)C(C)C)cc1C. The molecule has 0 radical (unpaired) electrons. The number of carbonyl (C=O) groups is 1. The molecule has 0 spiro atoms. The third kappa shape index (κ3) is 4.75. The van der Waals surface area contributed by atoms with E-state index in [-0.39, 0.29) is 10.8 Å². The summed E-state index contributed by atoms with van der Waals surface area (Å²) in [6, 6.07) is 4.06. The molecule has 1 fully saturated rings. The molecule has 8 heteroatoms. The molecule has 2 aromatic rings. The van der Waals surface area contributed by atoms with Crippen LogP contribution in [0.15, 0.2) is 29.3 Å². The summed E-state index contributed by atoms with van der Waals surface area (Å²) in [7, 11) is -3.81. The number of thiazole rings is 1. The second-order valence-electron chi connectivity index (χ2n) is 7.42. The maximum atomic E-state index is 12.8. The summed E-state index contributed by atoms with van der Waals surface area (Å²) in [6.07, 6.45) is 4.13. The number of amides is 1. The van der Waals surface area contributed by atoms with Crippen molar-refractivity contribution in [2.24, 2.45) is 5.92 Å². The van der Waals surface area contributed by atoms with Crippen LogP contribution in [0.4, 0.5) is 5.13 Å². The minimum absolute atomic E-state index is 0.161. The maximum absolute atomic E-state index is 12.8. The first-order valence-corrected chi connectivity index (χ1v) is 11.3. The molecule has 2 N–H and O–H groups in total. The fourth-order valence-corrected chi connectivity index (χ4v) is 5.11. The Kier molecular flexibility index (Phi) is 5.69. The molecule has 1 atom stereocenters. The number of nitrogens with one attached hydrogen (secondary N) is 2. The Bertz CT molecular complexity index is 947. The van der Waals surface area contributed by atoms with Crippen molar-refractivity contribution in [3.05, 3.63) is 40.4 Å². The summed E-state index contributed by atoms with van der Waals surface area (Å²) >= 11 is 1.46. The number of sulfonamides is 1. The minimum Gasteiger partial charge on any atom is -0.301 e. The van der Waals surface area contributed by atoms with Gasteiger partial charge in [-0.1, -0.05) is 19.9 Å². The molecule has 27 heavy (non-hydrogen) atoms. The molecule has 1 aromatic carbocycles. The van der Waals surface area contributed by atoms with Crippen LogP contribution in [-0.2, 0) is 14.8 Å². The summed E-state index contributed by atoms with van der Waals surface area (Å²) in [5.41, 5.74) is 1.90. The highest BCUT2D eigenvalue weighted by atomic mass is 32.2. The van der Waals surface area contributed by atoms with E-state index in [9.17, 15) is 13.2 Å². The van der Waals surface area contributed by atoms with E-state index in [0.29, 0.717) is 11.0 Å². The van der Waals surface area contributed by atoms with Crippen molar-refractivity contribution in [2.45, 2.75) is 57.4 Å². The number of hydrogen-bond donors (Lipinski definition) is 2. The van der Waals surface area contributed by atoms with Crippen molar-refractivity contribution in [1.82, 2.24) is 9.71 Å². The summed E-state index contributed by atoms with van der Waals surface area (Å²) in [5, 5.41) is 3.27. The molecule has 146 valence electrons. The van der Waals surface area contributed by atoms with Crippen LogP contribution in [0.5, 0.6) is 0 Å². The number of hydrogen-bond acceptors (Lipinski definition) is 5. The average molecular weight is 408 g/mol. The zero-order chi connectivity index (χ0) is 19.8. The predicted octanol–water partition coefficient (Wildman–Crippen LogP) is 3.58. The lowest BCUT2D eigenvalue weighted by molar-refractivity contribution is -0.118. The van der Waals surface area contributed by atoms with E-state index in [4.69, 9.17) is 0 Å². The van der Waals surface area contributed by atoms with Crippen LogP contribution in [0.2, 0.25) is 0 Å². The smallest absolute Gasteiger partial charge is 0.244 e. The van der Waals surface area contributed by atoms with Crippen LogP contribution in [0.1, 0.15) is 48.6 Å².